The number of nitrogens with one attached hydrogen (secondary N) is 2. The van der Waals surface area contributed by atoms with E-state index >= 15 is 0 Å². The third-order valence-electron chi connectivity index (χ3n) is 4.55. The fraction of sp³-hybridized carbons (Fsp3) is 0.0952. The van der Waals surface area contributed by atoms with E-state index in [9.17, 15) is 4.79 Å². The largest absolute Gasteiger partial charge is 0.383 e. The molecule has 0 aliphatic heterocycles. The van der Waals surface area contributed by atoms with Crippen molar-refractivity contribution in [2.45, 2.75) is 13.5 Å². The third-order valence-corrected chi connectivity index (χ3v) is 5.44. The zero-order valence-corrected chi connectivity index (χ0v) is 16.1. The van der Waals surface area contributed by atoms with Crippen molar-refractivity contribution in [3.05, 3.63) is 71.4 Å². The van der Waals surface area contributed by atoms with Gasteiger partial charge in [-0.15, -0.1) is 11.3 Å². The van der Waals surface area contributed by atoms with Gasteiger partial charge in [-0.05, 0) is 35.7 Å². The first-order chi connectivity index (χ1) is 13.6. The lowest BCUT2D eigenvalue weighted by atomic mass is 10.1. The summed E-state index contributed by atoms with van der Waals surface area (Å²) in [7, 11) is 0. The molecule has 0 unspecified atom stereocenters. The number of aromatic nitrogens is 2. The molecule has 0 bridgehead atoms. The van der Waals surface area contributed by atoms with Gasteiger partial charge >= 0.3 is 6.03 Å². The van der Waals surface area contributed by atoms with Crippen LogP contribution in [0, 0.1) is 6.92 Å². The van der Waals surface area contributed by atoms with Gasteiger partial charge in [0.2, 0.25) is 0 Å². The molecule has 0 radical (unpaired) electrons. The number of carbonyl (C=O) groups is 1. The molecule has 2 amide bonds. The Bertz CT molecular complexity index is 1140. The number of benzene rings is 2. The maximum atomic E-state index is 12.2. The quantitative estimate of drug-likeness (QED) is 0.477. The zero-order chi connectivity index (χ0) is 19.5. The highest BCUT2D eigenvalue weighted by atomic mass is 32.1. The summed E-state index contributed by atoms with van der Waals surface area (Å²) >= 11 is 1.53. The number of urea groups is 1. The molecular weight excluding hydrogens is 370 g/mol. The van der Waals surface area contributed by atoms with E-state index in [-0.39, 0.29) is 6.03 Å². The summed E-state index contributed by atoms with van der Waals surface area (Å²) < 4.78 is 0. The van der Waals surface area contributed by atoms with Crippen molar-refractivity contribution in [2.75, 3.05) is 11.1 Å². The molecule has 6 nitrogen and oxygen atoms in total. The van der Waals surface area contributed by atoms with Crippen LogP contribution < -0.4 is 16.4 Å². The van der Waals surface area contributed by atoms with Crippen LogP contribution in [0.15, 0.2) is 60.2 Å². The second-order valence-corrected chi connectivity index (χ2v) is 7.26. The summed E-state index contributed by atoms with van der Waals surface area (Å²) in [4.78, 5) is 21.4. The standard InChI is InChI=1S/C21H19N5OS/c1-13-4-2-3-5-15(13)10-23-21(27)26-16-8-6-14(7-9-16)17-11-28-20-18(17)19(22)24-12-25-20/h2-9,11-12H,10H2,1H3,(H2,22,24,25)(H2,23,26,27). The zero-order valence-electron chi connectivity index (χ0n) is 15.3. The van der Waals surface area contributed by atoms with Gasteiger partial charge in [0, 0.05) is 23.2 Å². The average molecular weight is 389 g/mol. The van der Waals surface area contributed by atoms with E-state index in [4.69, 9.17) is 5.73 Å². The lowest BCUT2D eigenvalue weighted by Crippen LogP contribution is -2.28. The molecule has 2 aromatic carbocycles. The van der Waals surface area contributed by atoms with Crippen LogP contribution in [0.2, 0.25) is 0 Å². The first kappa shape index (κ1) is 17.9. The fourth-order valence-corrected chi connectivity index (χ4v) is 3.93. The van der Waals surface area contributed by atoms with Gasteiger partial charge in [0.1, 0.15) is 17.0 Å². The van der Waals surface area contributed by atoms with Crippen LogP contribution in [0.1, 0.15) is 11.1 Å². The molecule has 0 aliphatic rings. The normalized spacial score (nSPS) is 10.8. The van der Waals surface area contributed by atoms with E-state index in [0.29, 0.717) is 12.4 Å². The van der Waals surface area contributed by atoms with Crippen molar-refractivity contribution >= 4 is 39.1 Å². The van der Waals surface area contributed by atoms with E-state index in [0.717, 1.165) is 38.2 Å². The summed E-state index contributed by atoms with van der Waals surface area (Å²) in [5.41, 5.74) is 11.0. The number of nitrogen functional groups attached to an aromatic ring is 1. The molecule has 140 valence electrons. The number of amides is 2. The van der Waals surface area contributed by atoms with Crippen molar-refractivity contribution < 1.29 is 4.79 Å². The monoisotopic (exact) mass is 389 g/mol. The van der Waals surface area contributed by atoms with Crippen molar-refractivity contribution in [1.82, 2.24) is 15.3 Å². The van der Waals surface area contributed by atoms with Crippen molar-refractivity contribution in [1.29, 1.82) is 0 Å². The molecule has 4 aromatic rings. The summed E-state index contributed by atoms with van der Waals surface area (Å²) in [6, 6.07) is 15.4. The minimum atomic E-state index is -0.241. The number of thiophene rings is 1. The van der Waals surface area contributed by atoms with Gasteiger partial charge in [-0.25, -0.2) is 14.8 Å². The van der Waals surface area contributed by atoms with Gasteiger partial charge < -0.3 is 16.4 Å². The fourth-order valence-electron chi connectivity index (χ4n) is 3.00. The van der Waals surface area contributed by atoms with E-state index in [2.05, 4.69) is 20.6 Å². The summed E-state index contributed by atoms with van der Waals surface area (Å²) in [5.74, 6) is 0.471. The highest BCUT2D eigenvalue weighted by molar-refractivity contribution is 7.17. The Morgan fingerprint density at radius 2 is 1.89 bits per heavy atom. The van der Waals surface area contributed by atoms with Crippen LogP contribution in [0.5, 0.6) is 0 Å². The Morgan fingerprint density at radius 3 is 2.68 bits per heavy atom. The summed E-state index contributed by atoms with van der Waals surface area (Å²) in [5, 5.41) is 8.62. The van der Waals surface area contributed by atoms with Gasteiger partial charge in [-0.1, -0.05) is 36.4 Å². The number of hydrogen-bond acceptors (Lipinski definition) is 5. The first-order valence-corrected chi connectivity index (χ1v) is 9.67. The predicted molar refractivity (Wildman–Crippen MR) is 114 cm³/mol. The molecule has 0 atom stereocenters. The van der Waals surface area contributed by atoms with Crippen LogP contribution in [0.3, 0.4) is 0 Å². The Morgan fingerprint density at radius 1 is 1.11 bits per heavy atom. The molecular formula is C21H19N5OS. The Kier molecular flexibility index (Phi) is 4.90. The number of rotatable bonds is 4. The lowest BCUT2D eigenvalue weighted by Gasteiger charge is -2.10. The van der Waals surface area contributed by atoms with Gasteiger partial charge in [-0.2, -0.15) is 0 Å². The van der Waals surface area contributed by atoms with Crippen LogP contribution >= 0.6 is 11.3 Å². The number of fused-ring (bicyclic) bond motifs is 1. The smallest absolute Gasteiger partial charge is 0.319 e. The third kappa shape index (κ3) is 3.65. The second kappa shape index (κ2) is 7.66. The van der Waals surface area contributed by atoms with E-state index in [1.54, 1.807) is 0 Å². The van der Waals surface area contributed by atoms with Gasteiger partial charge in [0.15, 0.2) is 0 Å². The van der Waals surface area contributed by atoms with Crippen molar-refractivity contribution in [2.24, 2.45) is 0 Å². The first-order valence-electron chi connectivity index (χ1n) is 8.79. The van der Waals surface area contributed by atoms with Gasteiger partial charge in [0.25, 0.3) is 0 Å². The van der Waals surface area contributed by atoms with E-state index in [1.165, 1.54) is 17.7 Å². The number of anilines is 2. The number of carbonyl (C=O) groups excluding carboxylic acids is 1. The Hall–Kier alpha value is -3.45. The van der Waals surface area contributed by atoms with Gasteiger partial charge in [-0.3, -0.25) is 0 Å². The number of nitrogens with zero attached hydrogens (tertiary/aromatic N) is 2. The maximum Gasteiger partial charge on any atom is 0.319 e. The molecule has 0 spiro atoms. The van der Waals surface area contributed by atoms with E-state index in [1.807, 2.05) is 60.8 Å². The van der Waals surface area contributed by atoms with Crippen molar-refractivity contribution in [3.8, 4) is 11.1 Å². The molecule has 4 N–H and O–H groups in total. The average Bonchev–Trinajstić information content (AvgIpc) is 3.13. The minimum absolute atomic E-state index is 0.241. The Labute approximate surface area is 166 Å². The van der Waals surface area contributed by atoms with Crippen LogP contribution in [0.25, 0.3) is 21.3 Å². The molecule has 2 heterocycles. The van der Waals surface area contributed by atoms with Crippen molar-refractivity contribution in [3.63, 3.8) is 0 Å². The predicted octanol–water partition coefficient (Wildman–Crippen LogP) is 4.57. The summed E-state index contributed by atoms with van der Waals surface area (Å²) in [6.45, 7) is 2.51. The maximum absolute atomic E-state index is 12.2. The highest BCUT2D eigenvalue weighted by Gasteiger charge is 2.11. The number of hydrogen-bond donors (Lipinski definition) is 3. The van der Waals surface area contributed by atoms with Gasteiger partial charge in [0.05, 0.1) is 5.39 Å². The number of aryl methyl sites for hydroxylation is 1. The topological polar surface area (TPSA) is 92.9 Å². The van der Waals surface area contributed by atoms with Crippen LogP contribution in [0.4, 0.5) is 16.3 Å². The lowest BCUT2D eigenvalue weighted by molar-refractivity contribution is 0.251. The summed E-state index contributed by atoms with van der Waals surface area (Å²) in [6.07, 6.45) is 1.47. The highest BCUT2D eigenvalue weighted by Crippen LogP contribution is 2.35. The molecule has 4 rings (SSSR count). The molecule has 28 heavy (non-hydrogen) atoms. The Balaban J connectivity index is 1.44. The van der Waals surface area contributed by atoms with Crippen LogP contribution in [-0.2, 0) is 6.54 Å². The molecule has 2 aromatic heterocycles. The minimum Gasteiger partial charge on any atom is -0.383 e. The number of nitrogens with two attached hydrogens (primary N) is 1. The molecule has 0 saturated heterocycles. The SMILES string of the molecule is Cc1ccccc1CNC(=O)Nc1ccc(-c2csc3ncnc(N)c23)cc1. The van der Waals surface area contributed by atoms with E-state index < -0.39 is 0 Å². The van der Waals surface area contributed by atoms with Crippen LogP contribution in [-0.4, -0.2) is 16.0 Å². The second-order valence-electron chi connectivity index (χ2n) is 6.40. The molecule has 0 saturated carbocycles. The molecule has 7 heteroatoms. The molecule has 0 aliphatic carbocycles. The molecule has 0 fully saturated rings.